The third-order valence-corrected chi connectivity index (χ3v) is 4.71. The fourth-order valence-corrected chi connectivity index (χ4v) is 3.21. The summed E-state index contributed by atoms with van der Waals surface area (Å²) in [5.74, 6) is -0.460. The molecule has 1 atom stereocenters. The number of unbranched alkanes of at least 4 members (excludes halogenated alkanes) is 1. The molecule has 0 aromatic heterocycles. The van der Waals surface area contributed by atoms with Crippen LogP contribution in [0.1, 0.15) is 26.2 Å². The van der Waals surface area contributed by atoms with E-state index in [1.54, 1.807) is 0 Å². The molecule has 1 fully saturated rings. The van der Waals surface area contributed by atoms with Gasteiger partial charge in [0.15, 0.2) is 5.17 Å². The number of thioether (sulfide) groups is 1. The zero-order valence-corrected chi connectivity index (χ0v) is 15.3. The molecule has 0 unspecified atom stereocenters. The van der Waals surface area contributed by atoms with Gasteiger partial charge in [-0.3, -0.25) is 24.7 Å². The van der Waals surface area contributed by atoms with Crippen molar-refractivity contribution < 1.29 is 19.2 Å². The molecule has 1 aliphatic rings. The van der Waals surface area contributed by atoms with E-state index < -0.39 is 16.1 Å². The highest BCUT2D eigenvalue weighted by Gasteiger charge is 2.32. The first kappa shape index (κ1) is 19.7. The number of anilines is 1. The minimum Gasteiger partial charge on any atom is -0.496 e. The van der Waals surface area contributed by atoms with Gasteiger partial charge in [0.05, 0.1) is 18.1 Å². The molecule has 0 bridgehead atoms. The van der Waals surface area contributed by atoms with Gasteiger partial charge in [-0.05, 0) is 18.6 Å². The Bertz CT molecular complexity index is 737. The summed E-state index contributed by atoms with van der Waals surface area (Å²) in [6.07, 6.45) is 1.82. The summed E-state index contributed by atoms with van der Waals surface area (Å²) in [6.45, 7) is 2.67. The van der Waals surface area contributed by atoms with Crippen molar-refractivity contribution in [2.45, 2.75) is 31.4 Å². The van der Waals surface area contributed by atoms with E-state index in [0.717, 1.165) is 12.8 Å². The number of nitro groups is 1. The number of nitrogens with zero attached hydrogens (tertiary/aromatic N) is 2. The van der Waals surface area contributed by atoms with Crippen LogP contribution in [0.4, 0.5) is 11.4 Å². The van der Waals surface area contributed by atoms with Crippen molar-refractivity contribution in [3.8, 4) is 5.75 Å². The molecule has 1 aromatic carbocycles. The van der Waals surface area contributed by atoms with Crippen LogP contribution >= 0.6 is 11.8 Å². The molecule has 9 nitrogen and oxygen atoms in total. The number of hydrogen-bond donors (Lipinski definition) is 2. The minimum atomic E-state index is -0.604. The Hall–Kier alpha value is -2.62. The van der Waals surface area contributed by atoms with E-state index in [-0.39, 0.29) is 23.7 Å². The molecule has 26 heavy (non-hydrogen) atoms. The van der Waals surface area contributed by atoms with Crippen LogP contribution in [0.25, 0.3) is 0 Å². The second-order valence-electron chi connectivity index (χ2n) is 5.53. The number of nitrogens with one attached hydrogen (secondary N) is 2. The summed E-state index contributed by atoms with van der Waals surface area (Å²) in [5.41, 5.74) is -0.218. The van der Waals surface area contributed by atoms with Gasteiger partial charge in [0.2, 0.25) is 11.8 Å². The Morgan fingerprint density at radius 2 is 2.27 bits per heavy atom. The summed E-state index contributed by atoms with van der Waals surface area (Å²) in [4.78, 5) is 39.0. The van der Waals surface area contributed by atoms with Crippen LogP contribution in [0.5, 0.6) is 5.75 Å². The Morgan fingerprint density at radius 3 is 2.92 bits per heavy atom. The standard InChI is InChI=1S/C16H20N4O5S/c1-3-4-7-17-16-19-15(22)13(26-16)9-14(21)18-11-6-5-10(25-2)8-12(11)20(23)24/h5-6,8,13H,3-4,7,9H2,1-2H3,(H,18,21)(H,17,19,22)/t13-/m0/s1. The van der Waals surface area contributed by atoms with E-state index in [2.05, 4.69) is 15.6 Å². The third kappa shape index (κ3) is 5.19. The van der Waals surface area contributed by atoms with Gasteiger partial charge in [0.25, 0.3) is 5.69 Å². The number of amides is 2. The molecular weight excluding hydrogens is 360 g/mol. The first-order valence-corrected chi connectivity index (χ1v) is 8.96. The molecule has 1 aliphatic heterocycles. The van der Waals surface area contributed by atoms with Gasteiger partial charge < -0.3 is 15.4 Å². The lowest BCUT2D eigenvalue weighted by Crippen LogP contribution is -2.28. The van der Waals surface area contributed by atoms with Crippen molar-refractivity contribution in [1.29, 1.82) is 0 Å². The van der Waals surface area contributed by atoms with Crippen LogP contribution in [0.15, 0.2) is 23.2 Å². The zero-order valence-electron chi connectivity index (χ0n) is 14.5. The number of ether oxygens (including phenoxy) is 1. The maximum atomic E-state index is 12.2. The summed E-state index contributed by atoms with van der Waals surface area (Å²) in [7, 11) is 1.40. The highest BCUT2D eigenvalue weighted by Crippen LogP contribution is 2.30. The Morgan fingerprint density at radius 1 is 1.50 bits per heavy atom. The molecule has 1 saturated heterocycles. The Balaban J connectivity index is 2.00. The number of hydrogen-bond acceptors (Lipinski definition) is 7. The number of benzene rings is 1. The number of methoxy groups -OCH3 is 1. The molecule has 140 valence electrons. The normalized spacial score (nSPS) is 17.8. The maximum absolute atomic E-state index is 12.2. The molecular formula is C16H20N4O5S. The van der Waals surface area contributed by atoms with E-state index in [1.807, 2.05) is 6.92 Å². The first-order chi connectivity index (χ1) is 12.4. The molecule has 0 spiro atoms. The average Bonchev–Trinajstić information content (AvgIpc) is 2.94. The molecule has 1 heterocycles. The smallest absolute Gasteiger partial charge is 0.296 e. The second kappa shape index (κ2) is 9.18. The van der Waals surface area contributed by atoms with Crippen LogP contribution in [0, 0.1) is 10.1 Å². The van der Waals surface area contributed by atoms with Crippen molar-refractivity contribution in [2.24, 2.45) is 4.99 Å². The van der Waals surface area contributed by atoms with Crippen molar-refractivity contribution >= 4 is 40.1 Å². The number of carbonyl (C=O) groups excluding carboxylic acids is 2. The predicted molar refractivity (Wildman–Crippen MR) is 99.6 cm³/mol. The van der Waals surface area contributed by atoms with E-state index in [0.29, 0.717) is 17.5 Å². The fourth-order valence-electron chi connectivity index (χ4n) is 2.22. The van der Waals surface area contributed by atoms with Crippen LogP contribution in [0.3, 0.4) is 0 Å². The van der Waals surface area contributed by atoms with Gasteiger partial charge >= 0.3 is 0 Å². The molecule has 0 saturated carbocycles. The third-order valence-electron chi connectivity index (χ3n) is 3.59. The van der Waals surface area contributed by atoms with E-state index >= 15 is 0 Å². The lowest BCUT2D eigenvalue weighted by molar-refractivity contribution is -0.384. The number of carbonyl (C=O) groups is 2. The molecule has 2 N–H and O–H groups in total. The second-order valence-corrected chi connectivity index (χ2v) is 6.72. The molecule has 1 aromatic rings. The number of nitro benzene ring substituents is 1. The quantitative estimate of drug-likeness (QED) is 0.405. The summed E-state index contributed by atoms with van der Waals surface area (Å²) < 4.78 is 4.95. The van der Waals surface area contributed by atoms with Crippen LogP contribution < -0.4 is 15.4 Å². The molecule has 2 amide bonds. The SMILES string of the molecule is CCCCN=C1NC(=O)[C@H](CC(=O)Nc2ccc(OC)cc2[N+](=O)[O-])S1. The molecule has 0 radical (unpaired) electrons. The lowest BCUT2D eigenvalue weighted by atomic mass is 10.2. The van der Waals surface area contributed by atoms with E-state index in [1.165, 1.54) is 37.1 Å². The van der Waals surface area contributed by atoms with Gasteiger partial charge in [-0.2, -0.15) is 0 Å². The van der Waals surface area contributed by atoms with Crippen LogP contribution in [-0.4, -0.2) is 40.8 Å². The van der Waals surface area contributed by atoms with Gasteiger partial charge in [0.1, 0.15) is 16.7 Å². The summed E-state index contributed by atoms with van der Waals surface area (Å²) in [5, 5.41) is 16.2. The topological polar surface area (TPSA) is 123 Å². The first-order valence-electron chi connectivity index (χ1n) is 8.08. The molecule has 0 aliphatic carbocycles. The van der Waals surface area contributed by atoms with Crippen LogP contribution in [-0.2, 0) is 9.59 Å². The number of rotatable bonds is 8. The van der Waals surface area contributed by atoms with Crippen molar-refractivity contribution in [3.63, 3.8) is 0 Å². The summed E-state index contributed by atoms with van der Waals surface area (Å²) in [6, 6.07) is 4.14. The Kier molecular flexibility index (Phi) is 6.96. The highest BCUT2D eigenvalue weighted by molar-refractivity contribution is 8.15. The predicted octanol–water partition coefficient (Wildman–Crippen LogP) is 2.32. The Labute approximate surface area is 154 Å². The number of amidine groups is 1. The van der Waals surface area contributed by atoms with E-state index in [4.69, 9.17) is 4.74 Å². The van der Waals surface area contributed by atoms with Crippen LogP contribution in [0.2, 0.25) is 0 Å². The summed E-state index contributed by atoms with van der Waals surface area (Å²) >= 11 is 1.20. The zero-order chi connectivity index (χ0) is 19.1. The van der Waals surface area contributed by atoms with Gasteiger partial charge in [-0.15, -0.1) is 0 Å². The largest absolute Gasteiger partial charge is 0.496 e. The monoisotopic (exact) mass is 380 g/mol. The molecule has 2 rings (SSSR count). The average molecular weight is 380 g/mol. The van der Waals surface area contributed by atoms with Crippen molar-refractivity contribution in [2.75, 3.05) is 19.0 Å². The van der Waals surface area contributed by atoms with Gasteiger partial charge in [-0.25, -0.2) is 0 Å². The number of aliphatic imine (C=N–C) groups is 1. The highest BCUT2D eigenvalue weighted by atomic mass is 32.2. The maximum Gasteiger partial charge on any atom is 0.296 e. The van der Waals surface area contributed by atoms with Crippen molar-refractivity contribution in [3.05, 3.63) is 28.3 Å². The molecule has 10 heteroatoms. The van der Waals surface area contributed by atoms with Gasteiger partial charge in [-0.1, -0.05) is 25.1 Å². The fraction of sp³-hybridized carbons (Fsp3) is 0.438. The van der Waals surface area contributed by atoms with E-state index in [9.17, 15) is 19.7 Å². The minimum absolute atomic E-state index is 0.0565. The van der Waals surface area contributed by atoms with Gasteiger partial charge in [0, 0.05) is 13.0 Å². The lowest BCUT2D eigenvalue weighted by Gasteiger charge is -2.09. The van der Waals surface area contributed by atoms with Crippen molar-refractivity contribution in [1.82, 2.24) is 5.32 Å².